The van der Waals surface area contributed by atoms with E-state index in [9.17, 15) is 9.59 Å². The minimum atomic E-state index is -0.274. The van der Waals surface area contributed by atoms with Crippen molar-refractivity contribution < 1.29 is 19.1 Å². The summed E-state index contributed by atoms with van der Waals surface area (Å²) in [5.41, 5.74) is 3.90. The molecule has 0 aliphatic heterocycles. The first-order valence-corrected chi connectivity index (χ1v) is 10.4. The average molecular weight is 433 g/mol. The van der Waals surface area contributed by atoms with Crippen molar-refractivity contribution in [2.24, 2.45) is 0 Å². The van der Waals surface area contributed by atoms with Crippen LogP contribution in [0.5, 0.6) is 11.5 Å². The van der Waals surface area contributed by atoms with Gasteiger partial charge in [-0.15, -0.1) is 0 Å². The van der Waals surface area contributed by atoms with Gasteiger partial charge in [0.05, 0.1) is 12.8 Å². The predicted octanol–water partition coefficient (Wildman–Crippen LogP) is 5.40. The first-order chi connectivity index (χ1) is 15.4. The predicted molar refractivity (Wildman–Crippen MR) is 127 cm³/mol. The molecule has 0 heterocycles. The normalized spacial score (nSPS) is 10.5. The van der Waals surface area contributed by atoms with E-state index in [-0.39, 0.29) is 18.4 Å². The highest BCUT2D eigenvalue weighted by molar-refractivity contribution is 6.05. The van der Waals surface area contributed by atoms with Crippen LogP contribution in [0.2, 0.25) is 0 Å². The van der Waals surface area contributed by atoms with Gasteiger partial charge < -0.3 is 20.1 Å². The smallest absolute Gasteiger partial charge is 0.262 e. The summed E-state index contributed by atoms with van der Waals surface area (Å²) in [5.74, 6) is 1.09. The third-order valence-electron chi connectivity index (χ3n) is 4.90. The Kier molecular flexibility index (Phi) is 7.49. The van der Waals surface area contributed by atoms with E-state index in [2.05, 4.69) is 30.5 Å². The van der Waals surface area contributed by atoms with E-state index in [1.54, 1.807) is 43.5 Å². The lowest BCUT2D eigenvalue weighted by Gasteiger charge is -2.12. The second kappa shape index (κ2) is 10.5. The maximum absolute atomic E-state index is 12.5. The minimum absolute atomic E-state index is 0.100. The fraction of sp³-hybridized carbons (Fsp3) is 0.231. The molecule has 0 unspecified atom stereocenters. The maximum Gasteiger partial charge on any atom is 0.262 e. The van der Waals surface area contributed by atoms with Crippen molar-refractivity contribution in [3.63, 3.8) is 0 Å². The number of carbonyl (C=O) groups excluding carboxylic acids is 2. The number of hydrogen-bond acceptors (Lipinski definition) is 4. The Bertz CT molecular complexity index is 1090. The summed E-state index contributed by atoms with van der Waals surface area (Å²) in [4.78, 5) is 24.8. The molecule has 0 atom stereocenters. The Labute approximate surface area is 188 Å². The number of para-hydroxylation sites is 2. The van der Waals surface area contributed by atoms with Gasteiger partial charge >= 0.3 is 0 Å². The van der Waals surface area contributed by atoms with E-state index < -0.39 is 0 Å². The Morgan fingerprint density at radius 3 is 2.34 bits per heavy atom. The number of amides is 2. The van der Waals surface area contributed by atoms with Crippen LogP contribution in [0.4, 0.5) is 11.4 Å². The molecular formula is C26H28N2O4. The number of ether oxygens (including phenoxy) is 2. The fourth-order valence-electron chi connectivity index (χ4n) is 3.19. The summed E-state index contributed by atoms with van der Waals surface area (Å²) in [6.45, 7) is 6.14. The highest BCUT2D eigenvalue weighted by Gasteiger charge is 2.11. The number of benzene rings is 3. The van der Waals surface area contributed by atoms with Crippen LogP contribution in [0, 0.1) is 6.92 Å². The molecule has 166 valence electrons. The monoisotopic (exact) mass is 432 g/mol. The molecule has 6 heteroatoms. The van der Waals surface area contributed by atoms with Gasteiger partial charge in [-0.2, -0.15) is 0 Å². The van der Waals surface area contributed by atoms with E-state index in [4.69, 9.17) is 9.47 Å². The van der Waals surface area contributed by atoms with E-state index in [0.717, 1.165) is 5.56 Å². The van der Waals surface area contributed by atoms with Crippen molar-refractivity contribution >= 4 is 23.2 Å². The van der Waals surface area contributed by atoms with Crippen LogP contribution in [0.3, 0.4) is 0 Å². The molecule has 3 rings (SSSR count). The van der Waals surface area contributed by atoms with Gasteiger partial charge in [0.25, 0.3) is 11.8 Å². The molecule has 32 heavy (non-hydrogen) atoms. The van der Waals surface area contributed by atoms with Crippen LogP contribution in [-0.2, 0) is 4.79 Å². The number of rotatable bonds is 8. The first kappa shape index (κ1) is 22.9. The number of hydrogen-bond donors (Lipinski definition) is 2. The molecule has 0 aliphatic carbocycles. The van der Waals surface area contributed by atoms with Gasteiger partial charge in [0.15, 0.2) is 6.61 Å². The number of nitrogens with one attached hydrogen (secondary N) is 2. The van der Waals surface area contributed by atoms with Crippen LogP contribution in [0.25, 0.3) is 0 Å². The molecule has 0 bridgehead atoms. The van der Waals surface area contributed by atoms with Gasteiger partial charge in [-0.05, 0) is 72.5 Å². The van der Waals surface area contributed by atoms with Crippen molar-refractivity contribution in [1.82, 2.24) is 0 Å². The van der Waals surface area contributed by atoms with Gasteiger partial charge in [0.1, 0.15) is 11.5 Å². The highest BCUT2D eigenvalue weighted by atomic mass is 16.5. The Morgan fingerprint density at radius 1 is 0.938 bits per heavy atom. The van der Waals surface area contributed by atoms with Crippen molar-refractivity contribution in [3.8, 4) is 11.5 Å². The summed E-state index contributed by atoms with van der Waals surface area (Å²) in [7, 11) is 1.55. The average Bonchev–Trinajstić information content (AvgIpc) is 2.78. The van der Waals surface area contributed by atoms with Crippen molar-refractivity contribution in [2.75, 3.05) is 24.4 Å². The summed E-state index contributed by atoms with van der Waals surface area (Å²) >= 11 is 0. The number of carbonyl (C=O) groups is 2. The first-order valence-electron chi connectivity index (χ1n) is 10.4. The van der Waals surface area contributed by atoms with E-state index in [1.165, 1.54) is 5.56 Å². The molecule has 0 aromatic heterocycles. The third kappa shape index (κ3) is 6.11. The molecule has 0 fully saturated rings. The molecule has 0 saturated heterocycles. The fourth-order valence-corrected chi connectivity index (χ4v) is 3.19. The number of aryl methyl sites for hydroxylation is 1. The second-order valence-corrected chi connectivity index (χ2v) is 7.80. The molecule has 0 radical (unpaired) electrons. The number of methoxy groups -OCH3 is 1. The molecule has 2 N–H and O–H groups in total. The summed E-state index contributed by atoms with van der Waals surface area (Å²) < 4.78 is 10.9. The zero-order valence-electron chi connectivity index (χ0n) is 18.8. The topological polar surface area (TPSA) is 76.7 Å². The van der Waals surface area contributed by atoms with Crippen LogP contribution >= 0.6 is 0 Å². The molecular weight excluding hydrogens is 404 g/mol. The van der Waals surface area contributed by atoms with Crippen molar-refractivity contribution in [3.05, 3.63) is 83.4 Å². The number of anilines is 2. The third-order valence-corrected chi connectivity index (χ3v) is 4.90. The lowest BCUT2D eigenvalue weighted by molar-refractivity contribution is -0.118. The standard InChI is InChI=1S/C26H28N2O4/c1-17(2)20-13-18(3)14-22(15-20)32-16-25(29)27-21-11-9-19(10-12-21)26(30)28-23-7-5-6-8-24(23)31-4/h5-15,17H,16H2,1-4H3,(H,27,29)(H,28,30). The summed E-state index contributed by atoms with van der Waals surface area (Å²) in [6, 6.07) is 19.8. The molecule has 6 nitrogen and oxygen atoms in total. The SMILES string of the molecule is COc1ccccc1NC(=O)c1ccc(NC(=O)COc2cc(C)cc(C(C)C)c2)cc1. The summed E-state index contributed by atoms with van der Waals surface area (Å²) in [5, 5.41) is 5.60. The highest BCUT2D eigenvalue weighted by Crippen LogP contribution is 2.24. The van der Waals surface area contributed by atoms with Crippen LogP contribution in [-0.4, -0.2) is 25.5 Å². The zero-order chi connectivity index (χ0) is 23.1. The maximum atomic E-state index is 12.5. The van der Waals surface area contributed by atoms with Crippen molar-refractivity contribution in [1.29, 1.82) is 0 Å². The Morgan fingerprint density at radius 2 is 1.66 bits per heavy atom. The largest absolute Gasteiger partial charge is 0.495 e. The minimum Gasteiger partial charge on any atom is -0.495 e. The Balaban J connectivity index is 1.56. The quantitative estimate of drug-likeness (QED) is 0.500. The molecule has 2 amide bonds. The molecule has 3 aromatic carbocycles. The van der Waals surface area contributed by atoms with Gasteiger partial charge in [0.2, 0.25) is 0 Å². The van der Waals surface area contributed by atoms with Crippen LogP contribution in [0.1, 0.15) is 41.3 Å². The molecule has 3 aromatic rings. The van der Waals surface area contributed by atoms with Crippen molar-refractivity contribution in [2.45, 2.75) is 26.7 Å². The van der Waals surface area contributed by atoms with E-state index in [1.807, 2.05) is 31.2 Å². The molecule has 0 saturated carbocycles. The van der Waals surface area contributed by atoms with Gasteiger partial charge in [-0.3, -0.25) is 9.59 Å². The van der Waals surface area contributed by atoms with Crippen LogP contribution < -0.4 is 20.1 Å². The van der Waals surface area contributed by atoms with Gasteiger partial charge in [0, 0.05) is 11.3 Å². The molecule has 0 spiro atoms. The molecule has 0 aliphatic rings. The van der Waals surface area contributed by atoms with E-state index >= 15 is 0 Å². The second-order valence-electron chi connectivity index (χ2n) is 7.80. The Hall–Kier alpha value is -3.80. The lowest BCUT2D eigenvalue weighted by Crippen LogP contribution is -2.20. The van der Waals surface area contributed by atoms with Gasteiger partial charge in [-0.1, -0.05) is 32.0 Å². The lowest BCUT2D eigenvalue weighted by atomic mass is 10.0. The summed E-state index contributed by atoms with van der Waals surface area (Å²) in [6.07, 6.45) is 0. The van der Waals surface area contributed by atoms with Crippen LogP contribution in [0.15, 0.2) is 66.7 Å². The van der Waals surface area contributed by atoms with E-state index in [0.29, 0.717) is 34.4 Å². The zero-order valence-corrected chi connectivity index (χ0v) is 18.8. The van der Waals surface area contributed by atoms with Gasteiger partial charge in [-0.25, -0.2) is 0 Å².